The summed E-state index contributed by atoms with van der Waals surface area (Å²) in [6.07, 6.45) is 3.98. The molecule has 0 saturated carbocycles. The van der Waals surface area contributed by atoms with Gasteiger partial charge in [0.2, 0.25) is 10.0 Å². The van der Waals surface area contributed by atoms with Gasteiger partial charge < -0.3 is 5.73 Å². The molecule has 17 heavy (non-hydrogen) atoms. The largest absolute Gasteiger partial charge is 0.383 e. The van der Waals surface area contributed by atoms with Crippen LogP contribution in [0.5, 0.6) is 0 Å². The van der Waals surface area contributed by atoms with Crippen molar-refractivity contribution in [2.24, 2.45) is 0 Å². The van der Waals surface area contributed by atoms with Gasteiger partial charge in [0.05, 0.1) is 0 Å². The molecular weight excluding hydrogens is 238 g/mol. The zero-order valence-electron chi connectivity index (χ0n) is 10.2. The maximum absolute atomic E-state index is 12.1. The molecule has 1 unspecified atom stereocenters. The van der Waals surface area contributed by atoms with E-state index in [9.17, 15) is 8.42 Å². The van der Waals surface area contributed by atoms with Crippen molar-refractivity contribution in [1.29, 1.82) is 0 Å². The molecule has 0 fully saturated rings. The van der Waals surface area contributed by atoms with Gasteiger partial charge >= 0.3 is 0 Å². The number of hydrogen-bond donors (Lipinski definition) is 2. The standard InChI is InChI=1S/C11H19N3O2S/c1-3-6-9(4-2)14-17(15,16)10-7-5-8-13-11(10)12/h5,7-9,14H,3-4,6H2,1-2H3,(H2,12,13). The van der Waals surface area contributed by atoms with Gasteiger partial charge in [0, 0.05) is 12.2 Å². The van der Waals surface area contributed by atoms with Crippen LogP contribution in [0.25, 0.3) is 0 Å². The SMILES string of the molecule is CCCC(CC)NS(=O)(=O)c1cccnc1N. The third-order valence-corrected chi connectivity index (χ3v) is 4.11. The maximum Gasteiger partial charge on any atom is 0.244 e. The van der Waals surface area contributed by atoms with Crippen LogP contribution < -0.4 is 10.5 Å². The highest BCUT2D eigenvalue weighted by Gasteiger charge is 2.21. The Morgan fingerprint density at radius 2 is 2.18 bits per heavy atom. The lowest BCUT2D eigenvalue weighted by Crippen LogP contribution is -2.34. The minimum Gasteiger partial charge on any atom is -0.383 e. The molecule has 0 aliphatic heterocycles. The second-order valence-electron chi connectivity index (χ2n) is 3.90. The second kappa shape index (κ2) is 5.97. The molecule has 1 aromatic heterocycles. The predicted molar refractivity (Wildman–Crippen MR) is 68.0 cm³/mol. The molecule has 0 radical (unpaired) electrons. The van der Waals surface area contributed by atoms with Crippen molar-refractivity contribution >= 4 is 15.8 Å². The topological polar surface area (TPSA) is 85.1 Å². The van der Waals surface area contributed by atoms with Crippen LogP contribution in [0.3, 0.4) is 0 Å². The quantitative estimate of drug-likeness (QED) is 0.809. The van der Waals surface area contributed by atoms with E-state index in [2.05, 4.69) is 9.71 Å². The van der Waals surface area contributed by atoms with Crippen LogP contribution in [0, 0.1) is 0 Å². The monoisotopic (exact) mass is 257 g/mol. The van der Waals surface area contributed by atoms with E-state index in [0.717, 1.165) is 19.3 Å². The predicted octanol–water partition coefficient (Wildman–Crippen LogP) is 1.52. The van der Waals surface area contributed by atoms with Gasteiger partial charge in [0.1, 0.15) is 10.7 Å². The van der Waals surface area contributed by atoms with Crippen LogP contribution in [0.2, 0.25) is 0 Å². The summed E-state index contributed by atoms with van der Waals surface area (Å²) in [4.78, 5) is 3.83. The fourth-order valence-electron chi connectivity index (χ4n) is 1.61. The zero-order chi connectivity index (χ0) is 12.9. The van der Waals surface area contributed by atoms with E-state index in [1.165, 1.54) is 12.3 Å². The molecule has 0 spiro atoms. The van der Waals surface area contributed by atoms with Crippen LogP contribution in [0.15, 0.2) is 23.2 Å². The van der Waals surface area contributed by atoms with Gasteiger partial charge in [-0.15, -0.1) is 0 Å². The molecule has 0 bridgehead atoms. The third kappa shape index (κ3) is 3.67. The number of anilines is 1. The van der Waals surface area contributed by atoms with Crippen molar-refractivity contribution in [1.82, 2.24) is 9.71 Å². The Balaban J connectivity index is 2.92. The van der Waals surface area contributed by atoms with E-state index in [-0.39, 0.29) is 16.8 Å². The highest BCUT2D eigenvalue weighted by molar-refractivity contribution is 7.89. The highest BCUT2D eigenvalue weighted by Crippen LogP contribution is 2.16. The van der Waals surface area contributed by atoms with Gasteiger partial charge in [-0.25, -0.2) is 18.1 Å². The number of aromatic nitrogens is 1. The van der Waals surface area contributed by atoms with Crippen molar-refractivity contribution in [3.8, 4) is 0 Å². The minimum atomic E-state index is -3.56. The molecule has 3 N–H and O–H groups in total. The van der Waals surface area contributed by atoms with Crippen molar-refractivity contribution in [2.75, 3.05) is 5.73 Å². The van der Waals surface area contributed by atoms with Gasteiger partial charge in [-0.2, -0.15) is 0 Å². The first-order chi connectivity index (χ1) is 8.01. The number of nitrogens with zero attached hydrogens (tertiary/aromatic N) is 1. The average molecular weight is 257 g/mol. The summed E-state index contributed by atoms with van der Waals surface area (Å²) in [6, 6.07) is 2.97. The first kappa shape index (κ1) is 13.9. The van der Waals surface area contributed by atoms with E-state index >= 15 is 0 Å². The molecule has 1 aromatic rings. The molecule has 0 aliphatic rings. The molecule has 0 amide bonds. The summed E-state index contributed by atoms with van der Waals surface area (Å²) in [7, 11) is -3.56. The number of sulfonamides is 1. The molecule has 1 heterocycles. The van der Waals surface area contributed by atoms with E-state index in [4.69, 9.17) is 5.73 Å². The van der Waals surface area contributed by atoms with Gasteiger partial charge in [0.25, 0.3) is 0 Å². The molecule has 0 aromatic carbocycles. The summed E-state index contributed by atoms with van der Waals surface area (Å²) >= 11 is 0. The van der Waals surface area contributed by atoms with Crippen LogP contribution in [0.4, 0.5) is 5.82 Å². The van der Waals surface area contributed by atoms with Crippen LogP contribution in [0.1, 0.15) is 33.1 Å². The molecule has 96 valence electrons. The fraction of sp³-hybridized carbons (Fsp3) is 0.545. The normalized spacial score (nSPS) is 13.5. The molecule has 0 saturated heterocycles. The Hall–Kier alpha value is -1.14. The first-order valence-corrected chi connectivity index (χ1v) is 7.22. The fourth-order valence-corrected chi connectivity index (χ4v) is 3.04. The molecule has 0 aliphatic carbocycles. The first-order valence-electron chi connectivity index (χ1n) is 5.74. The average Bonchev–Trinajstić information content (AvgIpc) is 2.28. The Bertz CT molecular complexity index is 460. The zero-order valence-corrected chi connectivity index (χ0v) is 11.0. The minimum absolute atomic E-state index is 0.0337. The van der Waals surface area contributed by atoms with Crippen molar-refractivity contribution in [3.63, 3.8) is 0 Å². The Kier molecular flexibility index (Phi) is 4.89. The van der Waals surface area contributed by atoms with E-state index in [1.54, 1.807) is 6.07 Å². The Morgan fingerprint density at radius 3 is 2.71 bits per heavy atom. The van der Waals surface area contributed by atoms with Crippen LogP contribution in [-0.4, -0.2) is 19.4 Å². The highest BCUT2D eigenvalue weighted by atomic mass is 32.2. The van der Waals surface area contributed by atoms with Gasteiger partial charge in [-0.1, -0.05) is 20.3 Å². The van der Waals surface area contributed by atoms with E-state index < -0.39 is 10.0 Å². The molecular formula is C11H19N3O2S. The lowest BCUT2D eigenvalue weighted by molar-refractivity contribution is 0.512. The lowest BCUT2D eigenvalue weighted by Gasteiger charge is -2.16. The van der Waals surface area contributed by atoms with Gasteiger partial charge in [-0.3, -0.25) is 0 Å². The number of nitrogens with one attached hydrogen (secondary N) is 1. The number of nitrogens with two attached hydrogens (primary N) is 1. The van der Waals surface area contributed by atoms with E-state index in [0.29, 0.717) is 0 Å². The molecule has 1 atom stereocenters. The summed E-state index contributed by atoms with van der Waals surface area (Å²) in [5.74, 6) is 0.0337. The molecule has 1 rings (SSSR count). The van der Waals surface area contributed by atoms with Crippen LogP contribution >= 0.6 is 0 Å². The van der Waals surface area contributed by atoms with Crippen molar-refractivity contribution in [3.05, 3.63) is 18.3 Å². The molecule has 6 heteroatoms. The summed E-state index contributed by atoms with van der Waals surface area (Å²) in [5.41, 5.74) is 5.57. The Morgan fingerprint density at radius 1 is 1.47 bits per heavy atom. The van der Waals surface area contributed by atoms with E-state index in [1.807, 2.05) is 13.8 Å². The number of pyridine rings is 1. The number of rotatable bonds is 6. The summed E-state index contributed by atoms with van der Waals surface area (Å²) < 4.78 is 26.8. The maximum atomic E-state index is 12.1. The van der Waals surface area contributed by atoms with Gasteiger partial charge in [-0.05, 0) is 25.0 Å². The van der Waals surface area contributed by atoms with Crippen LogP contribution in [-0.2, 0) is 10.0 Å². The number of nitrogen functional groups attached to an aromatic ring is 1. The Labute approximate surface area is 102 Å². The summed E-state index contributed by atoms with van der Waals surface area (Å²) in [5, 5.41) is 0. The second-order valence-corrected chi connectivity index (χ2v) is 5.58. The molecule has 5 nitrogen and oxygen atoms in total. The third-order valence-electron chi connectivity index (χ3n) is 2.54. The van der Waals surface area contributed by atoms with Crippen molar-refractivity contribution in [2.45, 2.75) is 44.0 Å². The van der Waals surface area contributed by atoms with Crippen molar-refractivity contribution < 1.29 is 8.42 Å². The smallest absolute Gasteiger partial charge is 0.244 e. The summed E-state index contributed by atoms with van der Waals surface area (Å²) in [6.45, 7) is 3.98. The number of hydrogen-bond acceptors (Lipinski definition) is 4. The lowest BCUT2D eigenvalue weighted by atomic mass is 10.1. The van der Waals surface area contributed by atoms with Gasteiger partial charge in [0.15, 0.2) is 0 Å².